The highest BCUT2D eigenvalue weighted by atomic mass is 16.7. The van der Waals surface area contributed by atoms with Crippen molar-refractivity contribution in [3.63, 3.8) is 0 Å². The van der Waals surface area contributed by atoms with E-state index in [4.69, 9.17) is 9.57 Å². The number of ether oxygens (including phenoxy) is 2. The molecule has 2 aromatic rings. The number of aryl methyl sites for hydroxylation is 1. The van der Waals surface area contributed by atoms with Gasteiger partial charge in [-0.2, -0.15) is 0 Å². The van der Waals surface area contributed by atoms with E-state index >= 15 is 0 Å². The van der Waals surface area contributed by atoms with Gasteiger partial charge in [-0.15, -0.1) is 0 Å². The lowest BCUT2D eigenvalue weighted by Gasteiger charge is -2.13. The topological polar surface area (TPSA) is 97.2 Å². The molecule has 2 aromatic carbocycles. The first-order valence-corrected chi connectivity index (χ1v) is 10.0. The van der Waals surface area contributed by atoms with E-state index in [1.54, 1.807) is 0 Å². The quantitative estimate of drug-likeness (QED) is 0.138. The summed E-state index contributed by atoms with van der Waals surface area (Å²) in [5.74, 6) is 0.254. The van der Waals surface area contributed by atoms with Gasteiger partial charge in [0.15, 0.2) is 0 Å². The molecule has 0 heterocycles. The number of carbonyl (C=O) groups is 2. The van der Waals surface area contributed by atoms with Crippen LogP contribution in [0.3, 0.4) is 0 Å². The van der Waals surface area contributed by atoms with E-state index in [2.05, 4.69) is 16.8 Å². The largest absolute Gasteiger partial charge is 0.514 e. The molecule has 160 valence electrons. The molecule has 2 rings (SSSR count). The van der Waals surface area contributed by atoms with Crippen molar-refractivity contribution in [2.45, 2.75) is 46.0 Å². The second kappa shape index (κ2) is 12.3. The number of nitrogens with zero attached hydrogens (tertiary/aromatic N) is 1. The predicted molar refractivity (Wildman–Crippen MR) is 111 cm³/mol. The molecule has 0 saturated carbocycles. The highest BCUT2D eigenvalue weighted by Crippen LogP contribution is 2.21. The van der Waals surface area contributed by atoms with Crippen molar-refractivity contribution in [1.29, 1.82) is 0 Å². The van der Waals surface area contributed by atoms with Crippen molar-refractivity contribution in [1.82, 2.24) is 0 Å². The number of unbranched alkanes of at least 4 members (excludes halogenated alkanes) is 3. The molecule has 0 unspecified atom stereocenters. The Morgan fingerprint density at radius 3 is 2.47 bits per heavy atom. The molecule has 0 aliphatic carbocycles. The third-order valence-corrected chi connectivity index (χ3v) is 4.35. The molecule has 0 fully saturated rings. The number of carboxylic acid groups (broad SMARTS) is 1. The number of carbonyl (C=O) groups excluding carboxylic acids is 2. The monoisotopic (exact) mass is 412 g/mol. The maximum Gasteiger partial charge on any atom is 0.365 e. The van der Waals surface area contributed by atoms with Crippen molar-refractivity contribution >= 4 is 18.3 Å². The number of hydrogen-bond acceptors (Lipinski definition) is 7. The number of oxime groups is 1. The highest BCUT2D eigenvalue weighted by molar-refractivity contribution is 5.90. The summed E-state index contributed by atoms with van der Waals surface area (Å²) < 4.78 is 10.3. The van der Waals surface area contributed by atoms with Crippen LogP contribution in [0, 0.1) is 0 Å². The van der Waals surface area contributed by atoms with Gasteiger partial charge in [-0.05, 0) is 66.4 Å². The molecule has 0 aromatic heterocycles. The zero-order chi connectivity index (χ0) is 21.8. The average molecular weight is 412 g/mol. The van der Waals surface area contributed by atoms with Gasteiger partial charge in [0.1, 0.15) is 5.75 Å². The molecule has 0 amide bonds. The minimum atomic E-state index is -1.66. The molecule has 0 spiro atoms. The zero-order valence-electron chi connectivity index (χ0n) is 17.3. The molecule has 0 aliphatic heterocycles. The summed E-state index contributed by atoms with van der Waals surface area (Å²) in [6.07, 6.45) is 4.86. The molecule has 0 saturated heterocycles. The fourth-order valence-corrected chi connectivity index (χ4v) is 2.73. The van der Waals surface area contributed by atoms with Crippen LogP contribution in [0.5, 0.6) is 11.5 Å². The SMILES string of the molecule is CCCCCCOc1ccc(C=NOC(=O)c2ccc(OC(=O)[O-])c(CC)c2)cc1. The van der Waals surface area contributed by atoms with Crippen molar-refractivity contribution in [2.24, 2.45) is 5.16 Å². The third-order valence-electron chi connectivity index (χ3n) is 4.35. The summed E-state index contributed by atoms with van der Waals surface area (Å²) in [6, 6.07) is 11.6. The van der Waals surface area contributed by atoms with Gasteiger partial charge in [-0.3, -0.25) is 0 Å². The van der Waals surface area contributed by atoms with E-state index in [1.165, 1.54) is 43.7 Å². The fourth-order valence-electron chi connectivity index (χ4n) is 2.73. The number of hydrogen-bond donors (Lipinski definition) is 0. The second-order valence-electron chi connectivity index (χ2n) is 6.62. The smallest absolute Gasteiger partial charge is 0.365 e. The van der Waals surface area contributed by atoms with Gasteiger partial charge in [0.2, 0.25) is 0 Å². The van der Waals surface area contributed by atoms with Crippen molar-refractivity contribution in [3.8, 4) is 11.5 Å². The lowest BCUT2D eigenvalue weighted by atomic mass is 10.1. The second-order valence-corrected chi connectivity index (χ2v) is 6.62. The minimum Gasteiger partial charge on any atom is -0.514 e. The first-order chi connectivity index (χ1) is 14.5. The average Bonchev–Trinajstić information content (AvgIpc) is 2.74. The molecule has 0 aliphatic rings. The van der Waals surface area contributed by atoms with Crippen LogP contribution in [0.2, 0.25) is 0 Å². The Hall–Kier alpha value is -3.35. The van der Waals surface area contributed by atoms with Gasteiger partial charge in [-0.1, -0.05) is 38.3 Å². The Labute approximate surface area is 176 Å². The Morgan fingerprint density at radius 2 is 1.80 bits per heavy atom. The van der Waals surface area contributed by atoms with Crippen LogP contribution in [0.1, 0.15) is 61.0 Å². The summed E-state index contributed by atoms with van der Waals surface area (Å²) in [5, 5.41) is 14.3. The molecule has 0 atom stereocenters. The van der Waals surface area contributed by atoms with Gasteiger partial charge < -0.3 is 24.2 Å². The van der Waals surface area contributed by atoms with E-state index < -0.39 is 12.1 Å². The number of rotatable bonds is 11. The molecular weight excluding hydrogens is 386 g/mol. The standard InChI is InChI=1S/C23H27NO6/c1-3-5-6-7-14-28-20-11-8-17(9-12-20)16-24-30-22(25)19-10-13-21(29-23(26)27)18(4-2)15-19/h8-13,15-16H,3-7,14H2,1-2H3,(H,26,27)/p-1. The van der Waals surface area contributed by atoms with Gasteiger partial charge in [-0.25, -0.2) is 4.79 Å². The summed E-state index contributed by atoms with van der Waals surface area (Å²) in [6.45, 7) is 4.67. The third kappa shape index (κ3) is 7.58. The molecular formula is C23H26NO6-. The van der Waals surface area contributed by atoms with Gasteiger partial charge >= 0.3 is 5.97 Å². The van der Waals surface area contributed by atoms with Crippen molar-refractivity contribution in [2.75, 3.05) is 6.61 Å². The lowest BCUT2D eigenvalue weighted by Crippen LogP contribution is -2.26. The van der Waals surface area contributed by atoms with Gasteiger partial charge in [0.25, 0.3) is 6.16 Å². The highest BCUT2D eigenvalue weighted by Gasteiger charge is 2.10. The van der Waals surface area contributed by atoms with E-state index in [-0.39, 0.29) is 11.3 Å². The van der Waals surface area contributed by atoms with Gasteiger partial charge in [0, 0.05) is 0 Å². The van der Waals surface area contributed by atoms with Crippen LogP contribution in [0.25, 0.3) is 0 Å². The first kappa shape index (κ1) is 22.9. The molecule has 0 radical (unpaired) electrons. The minimum absolute atomic E-state index is 0.130. The number of benzene rings is 2. The summed E-state index contributed by atoms with van der Waals surface area (Å²) >= 11 is 0. The maximum absolute atomic E-state index is 12.2. The van der Waals surface area contributed by atoms with Gasteiger partial charge in [0.05, 0.1) is 24.1 Å². The summed E-state index contributed by atoms with van der Waals surface area (Å²) in [4.78, 5) is 27.7. The van der Waals surface area contributed by atoms with Crippen LogP contribution in [0.4, 0.5) is 4.79 Å². The van der Waals surface area contributed by atoms with Crippen molar-refractivity contribution < 1.29 is 29.0 Å². The Balaban J connectivity index is 1.87. The first-order valence-electron chi connectivity index (χ1n) is 10.0. The zero-order valence-corrected chi connectivity index (χ0v) is 17.3. The van der Waals surface area contributed by atoms with Crippen LogP contribution in [-0.2, 0) is 11.3 Å². The Morgan fingerprint density at radius 1 is 1.03 bits per heavy atom. The summed E-state index contributed by atoms with van der Waals surface area (Å²) in [5.41, 5.74) is 1.54. The molecule has 30 heavy (non-hydrogen) atoms. The predicted octanol–water partition coefficient (Wildman–Crippen LogP) is 4.12. The van der Waals surface area contributed by atoms with E-state index in [0.29, 0.717) is 18.6 Å². The fraction of sp³-hybridized carbons (Fsp3) is 0.348. The molecule has 0 N–H and O–H groups in total. The van der Waals surface area contributed by atoms with Crippen LogP contribution < -0.4 is 14.6 Å². The van der Waals surface area contributed by atoms with Crippen LogP contribution in [0.15, 0.2) is 47.6 Å². The summed E-state index contributed by atoms with van der Waals surface area (Å²) in [7, 11) is 0. The van der Waals surface area contributed by atoms with E-state index in [1.807, 2.05) is 31.2 Å². The maximum atomic E-state index is 12.2. The van der Waals surface area contributed by atoms with E-state index in [9.17, 15) is 14.7 Å². The lowest BCUT2D eigenvalue weighted by molar-refractivity contribution is -0.271. The normalized spacial score (nSPS) is 10.7. The molecule has 7 heteroatoms. The molecule has 7 nitrogen and oxygen atoms in total. The molecule has 0 bridgehead atoms. The Kier molecular flexibility index (Phi) is 9.37. The van der Waals surface area contributed by atoms with Crippen molar-refractivity contribution in [3.05, 3.63) is 59.2 Å². The van der Waals surface area contributed by atoms with Crippen LogP contribution in [-0.4, -0.2) is 24.9 Å². The Bertz CT molecular complexity index is 860. The van der Waals surface area contributed by atoms with Crippen LogP contribution >= 0.6 is 0 Å². The van der Waals surface area contributed by atoms with E-state index in [0.717, 1.165) is 17.7 Å².